The van der Waals surface area contributed by atoms with Crippen molar-refractivity contribution >= 4 is 40.6 Å². The lowest BCUT2D eigenvalue weighted by molar-refractivity contribution is -0.121. The fourth-order valence-electron chi connectivity index (χ4n) is 2.95. The Bertz CT molecular complexity index is 1300. The van der Waals surface area contributed by atoms with Crippen molar-refractivity contribution < 1.29 is 19.3 Å². The summed E-state index contributed by atoms with van der Waals surface area (Å²) >= 11 is 5.95. The number of aromatic nitrogens is 4. The van der Waals surface area contributed by atoms with Crippen molar-refractivity contribution in [3.8, 4) is 23.0 Å². The van der Waals surface area contributed by atoms with Gasteiger partial charge < -0.3 is 20.1 Å². The fraction of sp³-hybridized carbons (Fsp3) is 0.105. The van der Waals surface area contributed by atoms with Gasteiger partial charge in [-0.15, -0.1) is 0 Å². The Hall–Kier alpha value is -4.12. The van der Waals surface area contributed by atoms with Gasteiger partial charge in [-0.3, -0.25) is 4.79 Å². The van der Waals surface area contributed by atoms with E-state index < -0.39 is 5.91 Å². The molecule has 0 aliphatic heterocycles. The average molecular weight is 442 g/mol. The van der Waals surface area contributed by atoms with Crippen LogP contribution in [0.3, 0.4) is 0 Å². The monoisotopic (exact) mass is 441 g/mol. The molecule has 0 saturated heterocycles. The number of phenols is 1. The zero-order chi connectivity index (χ0) is 22.0. The number of carbonyl (C=O) groups excluding carboxylic acids is 1. The Kier molecular flexibility index (Phi) is 5.41. The van der Waals surface area contributed by atoms with Gasteiger partial charge in [-0.05, 0) is 40.1 Å². The number of imidazole rings is 1. The summed E-state index contributed by atoms with van der Waals surface area (Å²) in [6, 6.07) is 10.3. The van der Waals surface area contributed by atoms with Crippen molar-refractivity contribution in [2.75, 3.05) is 12.8 Å². The SMILES string of the molecule is COc1cc(/C=N\NC(=O)Cn2c(-c3nonc3N)nc3ccccc32)cc(Cl)c1O. The topological polar surface area (TPSA) is 154 Å². The second kappa shape index (κ2) is 8.32. The van der Waals surface area contributed by atoms with Gasteiger partial charge in [0.15, 0.2) is 28.8 Å². The number of carbonyl (C=O) groups is 1. The zero-order valence-electron chi connectivity index (χ0n) is 16.1. The predicted octanol–water partition coefficient (Wildman–Crippen LogP) is 2.19. The minimum absolute atomic E-state index is 0.0631. The Morgan fingerprint density at radius 2 is 2.19 bits per heavy atom. The molecule has 11 nitrogen and oxygen atoms in total. The van der Waals surface area contributed by atoms with Crippen molar-refractivity contribution in [1.82, 2.24) is 25.3 Å². The molecular formula is C19H16ClN7O4. The second-order valence-electron chi connectivity index (χ2n) is 6.36. The third-order valence-corrected chi connectivity index (χ3v) is 4.64. The molecule has 0 saturated carbocycles. The van der Waals surface area contributed by atoms with Crippen LogP contribution >= 0.6 is 11.6 Å². The van der Waals surface area contributed by atoms with Crippen LogP contribution in [0.1, 0.15) is 5.56 Å². The Morgan fingerprint density at radius 1 is 1.39 bits per heavy atom. The van der Waals surface area contributed by atoms with Crippen LogP contribution in [-0.2, 0) is 11.3 Å². The summed E-state index contributed by atoms with van der Waals surface area (Å²) < 4.78 is 11.3. The first kappa shape index (κ1) is 20.2. The summed E-state index contributed by atoms with van der Waals surface area (Å²) in [7, 11) is 1.40. The summed E-state index contributed by atoms with van der Waals surface area (Å²) in [5.41, 5.74) is 10.4. The number of anilines is 1. The van der Waals surface area contributed by atoms with E-state index >= 15 is 0 Å². The molecule has 1 amide bonds. The molecule has 0 fully saturated rings. The highest BCUT2D eigenvalue weighted by Crippen LogP contribution is 2.34. The number of ether oxygens (including phenoxy) is 1. The fourth-order valence-corrected chi connectivity index (χ4v) is 3.17. The van der Waals surface area contributed by atoms with E-state index in [0.717, 1.165) is 0 Å². The molecule has 2 aromatic carbocycles. The maximum Gasteiger partial charge on any atom is 0.260 e. The number of halogens is 1. The molecule has 4 rings (SSSR count). The van der Waals surface area contributed by atoms with E-state index in [0.29, 0.717) is 22.4 Å². The van der Waals surface area contributed by atoms with Crippen molar-refractivity contribution in [2.45, 2.75) is 6.54 Å². The van der Waals surface area contributed by atoms with Crippen molar-refractivity contribution in [1.29, 1.82) is 0 Å². The molecule has 31 heavy (non-hydrogen) atoms. The van der Waals surface area contributed by atoms with Crippen LogP contribution in [0.25, 0.3) is 22.6 Å². The average Bonchev–Trinajstić information content (AvgIpc) is 3.33. The van der Waals surface area contributed by atoms with E-state index in [9.17, 15) is 9.90 Å². The lowest BCUT2D eigenvalue weighted by atomic mass is 10.2. The molecule has 12 heteroatoms. The van der Waals surface area contributed by atoms with Gasteiger partial charge in [-0.2, -0.15) is 5.10 Å². The number of aromatic hydroxyl groups is 1. The maximum atomic E-state index is 12.5. The highest BCUT2D eigenvalue weighted by molar-refractivity contribution is 6.32. The number of nitrogens with two attached hydrogens (primary N) is 1. The zero-order valence-corrected chi connectivity index (χ0v) is 16.9. The third kappa shape index (κ3) is 3.98. The Morgan fingerprint density at radius 3 is 2.94 bits per heavy atom. The number of hydrazone groups is 1. The first-order valence-corrected chi connectivity index (χ1v) is 9.27. The highest BCUT2D eigenvalue weighted by atomic mass is 35.5. The number of benzene rings is 2. The van der Waals surface area contributed by atoms with E-state index in [1.165, 1.54) is 25.5 Å². The van der Waals surface area contributed by atoms with Gasteiger partial charge in [-0.1, -0.05) is 23.7 Å². The molecule has 0 bridgehead atoms. The first-order chi connectivity index (χ1) is 15.0. The van der Waals surface area contributed by atoms with E-state index in [4.69, 9.17) is 22.1 Å². The normalized spacial score (nSPS) is 11.3. The summed E-state index contributed by atoms with van der Waals surface area (Å²) in [5, 5.41) is 21.2. The van der Waals surface area contributed by atoms with E-state index in [1.54, 1.807) is 10.6 Å². The van der Waals surface area contributed by atoms with Crippen LogP contribution in [-0.4, -0.2) is 44.2 Å². The van der Waals surface area contributed by atoms with Crippen LogP contribution in [0.15, 0.2) is 46.1 Å². The molecule has 0 aliphatic rings. The van der Waals surface area contributed by atoms with E-state index in [2.05, 4.69) is 30.5 Å². The summed E-state index contributed by atoms with van der Waals surface area (Å²) in [6.07, 6.45) is 1.37. The molecule has 0 atom stereocenters. The Balaban J connectivity index is 1.56. The maximum absolute atomic E-state index is 12.5. The van der Waals surface area contributed by atoms with Crippen molar-refractivity contribution in [3.05, 3.63) is 47.0 Å². The molecule has 2 aromatic heterocycles. The number of nitrogens with zero attached hydrogens (tertiary/aromatic N) is 5. The number of methoxy groups -OCH3 is 1. The van der Waals surface area contributed by atoms with Gasteiger partial charge in [0, 0.05) is 0 Å². The minimum Gasteiger partial charge on any atom is -0.503 e. The quantitative estimate of drug-likeness (QED) is 0.304. The number of phenolic OH excluding ortho intramolecular Hbond substituents is 1. The number of nitrogens with one attached hydrogen (secondary N) is 1. The van der Waals surface area contributed by atoms with Gasteiger partial charge in [0.05, 0.1) is 29.4 Å². The number of rotatable bonds is 6. The molecule has 4 N–H and O–H groups in total. The molecule has 0 unspecified atom stereocenters. The smallest absolute Gasteiger partial charge is 0.260 e. The number of amides is 1. The summed E-state index contributed by atoms with van der Waals surface area (Å²) in [6.45, 7) is -0.112. The lowest BCUT2D eigenvalue weighted by Crippen LogP contribution is -2.23. The second-order valence-corrected chi connectivity index (χ2v) is 6.76. The van der Waals surface area contributed by atoms with Crippen LogP contribution in [0.5, 0.6) is 11.5 Å². The van der Waals surface area contributed by atoms with Crippen molar-refractivity contribution in [3.63, 3.8) is 0 Å². The van der Waals surface area contributed by atoms with Crippen LogP contribution in [0.4, 0.5) is 5.82 Å². The van der Waals surface area contributed by atoms with Gasteiger partial charge in [0.2, 0.25) is 0 Å². The lowest BCUT2D eigenvalue weighted by Gasteiger charge is -2.07. The standard InChI is InChI=1S/C19H16ClN7O4/c1-30-14-7-10(6-11(20)17(14)29)8-22-24-15(28)9-27-13-5-3-2-4-12(13)23-19(27)16-18(21)26-31-25-16/h2-8,29H,9H2,1H3,(H2,21,26)(H,24,28)/b22-8-. The molecule has 2 heterocycles. The first-order valence-electron chi connectivity index (χ1n) is 8.90. The summed E-state index contributed by atoms with van der Waals surface area (Å²) in [4.78, 5) is 17.0. The molecule has 158 valence electrons. The van der Waals surface area contributed by atoms with Gasteiger partial charge in [0.1, 0.15) is 6.54 Å². The third-order valence-electron chi connectivity index (χ3n) is 4.36. The summed E-state index contributed by atoms with van der Waals surface area (Å²) in [5.74, 6) is -0.00473. The highest BCUT2D eigenvalue weighted by Gasteiger charge is 2.20. The van der Waals surface area contributed by atoms with E-state index in [1.807, 2.05) is 18.2 Å². The predicted molar refractivity (Wildman–Crippen MR) is 113 cm³/mol. The number of hydrogen-bond acceptors (Lipinski definition) is 9. The van der Waals surface area contributed by atoms with Gasteiger partial charge in [0.25, 0.3) is 5.91 Å². The molecule has 0 radical (unpaired) electrons. The van der Waals surface area contributed by atoms with Gasteiger partial charge >= 0.3 is 0 Å². The van der Waals surface area contributed by atoms with Crippen LogP contribution in [0, 0.1) is 0 Å². The largest absolute Gasteiger partial charge is 0.503 e. The van der Waals surface area contributed by atoms with Crippen LogP contribution < -0.4 is 15.9 Å². The van der Waals surface area contributed by atoms with Crippen LogP contribution in [0.2, 0.25) is 5.02 Å². The number of fused-ring (bicyclic) bond motifs is 1. The Labute approximate surface area is 180 Å². The minimum atomic E-state index is -0.424. The number of hydrogen-bond donors (Lipinski definition) is 3. The van der Waals surface area contributed by atoms with Gasteiger partial charge in [-0.25, -0.2) is 15.0 Å². The number of para-hydroxylation sites is 2. The molecule has 0 aliphatic carbocycles. The van der Waals surface area contributed by atoms with Crippen molar-refractivity contribution in [2.24, 2.45) is 5.10 Å². The number of nitrogen functional groups attached to an aromatic ring is 1. The molecule has 0 spiro atoms. The van der Waals surface area contributed by atoms with E-state index in [-0.39, 0.29) is 34.6 Å². The molecule has 4 aromatic rings. The molecular weight excluding hydrogens is 426 g/mol.